The van der Waals surface area contributed by atoms with E-state index in [1.807, 2.05) is 30.6 Å². The number of nitrogens with zero attached hydrogens (tertiary/aromatic N) is 1. The Balaban J connectivity index is 1.95. The minimum Gasteiger partial charge on any atom is -0.345 e. The number of aromatic nitrogens is 1. The molecule has 2 aliphatic rings. The highest BCUT2D eigenvalue weighted by Gasteiger charge is 2.35. The molecule has 3 heteroatoms. The van der Waals surface area contributed by atoms with Crippen LogP contribution in [0.3, 0.4) is 0 Å². The maximum absolute atomic E-state index is 11.7. The van der Waals surface area contributed by atoms with Crippen molar-refractivity contribution in [2.24, 2.45) is 0 Å². The van der Waals surface area contributed by atoms with Crippen LogP contribution in [-0.2, 0) is 4.79 Å². The molecule has 1 fully saturated rings. The molecule has 0 saturated carbocycles. The normalized spacial score (nSPS) is 20.4. The maximum Gasteiger partial charge on any atom is 0.221 e. The van der Waals surface area contributed by atoms with Crippen LogP contribution in [0.2, 0.25) is 0 Å². The minimum absolute atomic E-state index is 0.0515. The number of fused-ring (bicyclic) bond motifs is 3. The first kappa shape index (κ1) is 11.4. The first-order valence-corrected chi connectivity index (χ1v) is 6.87. The van der Waals surface area contributed by atoms with Crippen LogP contribution in [0.4, 0.5) is 0 Å². The number of hydrogen-bond donors (Lipinski definition) is 1. The molecule has 1 aliphatic heterocycles. The van der Waals surface area contributed by atoms with Crippen molar-refractivity contribution in [2.75, 3.05) is 0 Å². The molecule has 2 heterocycles. The van der Waals surface area contributed by atoms with E-state index in [-0.39, 0.29) is 11.9 Å². The zero-order valence-electron chi connectivity index (χ0n) is 11.0. The molecule has 0 spiro atoms. The Labute approximate surface area is 117 Å². The van der Waals surface area contributed by atoms with E-state index in [4.69, 9.17) is 0 Å². The quantitative estimate of drug-likeness (QED) is 0.858. The monoisotopic (exact) mass is 262 g/mol. The second kappa shape index (κ2) is 4.30. The third kappa shape index (κ3) is 1.59. The summed E-state index contributed by atoms with van der Waals surface area (Å²) in [6.07, 6.45) is 5.05. The molecule has 3 nitrogen and oxygen atoms in total. The Hall–Kier alpha value is -2.42. The van der Waals surface area contributed by atoms with Crippen molar-refractivity contribution in [3.63, 3.8) is 0 Å². The zero-order chi connectivity index (χ0) is 13.5. The third-order valence-corrected chi connectivity index (χ3v) is 4.11. The predicted octanol–water partition coefficient (Wildman–Crippen LogP) is 2.85. The summed E-state index contributed by atoms with van der Waals surface area (Å²) in [5, 5.41) is 3.12. The number of pyridine rings is 1. The lowest BCUT2D eigenvalue weighted by molar-refractivity contribution is -0.122. The molecule has 0 bridgehead atoms. The van der Waals surface area contributed by atoms with Crippen LogP contribution >= 0.6 is 0 Å². The van der Waals surface area contributed by atoms with E-state index in [2.05, 4.69) is 28.5 Å². The summed E-state index contributed by atoms with van der Waals surface area (Å²) in [7, 11) is 0. The molecule has 1 amide bonds. The zero-order valence-corrected chi connectivity index (χ0v) is 11.0. The summed E-state index contributed by atoms with van der Waals surface area (Å²) >= 11 is 0. The second-order valence-electron chi connectivity index (χ2n) is 5.22. The number of hydrogen-bond acceptors (Lipinski definition) is 2. The van der Waals surface area contributed by atoms with Crippen LogP contribution in [0.25, 0.3) is 5.57 Å². The summed E-state index contributed by atoms with van der Waals surface area (Å²) in [4.78, 5) is 15.8. The molecule has 1 atom stereocenters. The number of carbonyl (C=O) groups is 1. The fraction of sp³-hybridized carbons (Fsp3) is 0.176. The Morgan fingerprint density at radius 1 is 1.05 bits per heavy atom. The lowest BCUT2D eigenvalue weighted by Gasteiger charge is -2.23. The van der Waals surface area contributed by atoms with Crippen molar-refractivity contribution in [1.82, 2.24) is 10.3 Å². The Morgan fingerprint density at radius 2 is 1.85 bits per heavy atom. The molecule has 1 unspecified atom stereocenters. The molecule has 20 heavy (non-hydrogen) atoms. The summed E-state index contributed by atoms with van der Waals surface area (Å²) in [6.45, 7) is 0. The van der Waals surface area contributed by atoms with E-state index < -0.39 is 0 Å². The standard InChI is InChI=1S/C17H14N2O/c20-15-6-5-14-16(11-7-9-18-10-8-11)12-3-1-2-4-13(12)17(14)19-15/h1-4,7-10,17H,5-6H2,(H,19,20). The minimum atomic E-state index is 0.0515. The van der Waals surface area contributed by atoms with E-state index in [1.54, 1.807) is 0 Å². The van der Waals surface area contributed by atoms with Crippen LogP contribution in [0.1, 0.15) is 35.6 Å². The molecule has 98 valence electrons. The SMILES string of the molecule is O=C1CCC2=C(c3ccncc3)c3ccccc3C2N1. The van der Waals surface area contributed by atoms with Gasteiger partial charge in [-0.25, -0.2) is 0 Å². The van der Waals surface area contributed by atoms with Crippen molar-refractivity contribution in [1.29, 1.82) is 0 Å². The highest BCUT2D eigenvalue weighted by molar-refractivity contribution is 5.91. The molecule has 1 aromatic heterocycles. The Kier molecular flexibility index (Phi) is 2.46. The average molecular weight is 262 g/mol. The van der Waals surface area contributed by atoms with Gasteiger partial charge in [-0.15, -0.1) is 0 Å². The van der Waals surface area contributed by atoms with Gasteiger partial charge in [-0.1, -0.05) is 24.3 Å². The number of rotatable bonds is 1. The summed E-state index contributed by atoms with van der Waals surface area (Å²) in [6, 6.07) is 12.5. The van der Waals surface area contributed by atoms with Crippen LogP contribution in [0.5, 0.6) is 0 Å². The second-order valence-corrected chi connectivity index (χ2v) is 5.22. The topological polar surface area (TPSA) is 42.0 Å². The summed E-state index contributed by atoms with van der Waals surface area (Å²) in [5.74, 6) is 0.143. The number of nitrogens with one attached hydrogen (secondary N) is 1. The largest absolute Gasteiger partial charge is 0.345 e. The fourth-order valence-electron chi connectivity index (χ4n) is 3.26. The van der Waals surface area contributed by atoms with E-state index in [1.165, 1.54) is 27.8 Å². The molecule has 1 aliphatic carbocycles. The van der Waals surface area contributed by atoms with Gasteiger partial charge in [0.15, 0.2) is 0 Å². The number of amides is 1. The highest BCUT2D eigenvalue weighted by atomic mass is 16.1. The Bertz CT molecular complexity index is 719. The van der Waals surface area contributed by atoms with Gasteiger partial charge in [-0.3, -0.25) is 9.78 Å². The van der Waals surface area contributed by atoms with Gasteiger partial charge in [0.1, 0.15) is 0 Å². The van der Waals surface area contributed by atoms with Gasteiger partial charge in [-0.2, -0.15) is 0 Å². The van der Waals surface area contributed by atoms with Crippen molar-refractivity contribution >= 4 is 11.5 Å². The van der Waals surface area contributed by atoms with Crippen molar-refractivity contribution in [3.05, 3.63) is 71.1 Å². The summed E-state index contributed by atoms with van der Waals surface area (Å²) in [5.41, 5.74) is 6.23. The van der Waals surface area contributed by atoms with E-state index >= 15 is 0 Å². The maximum atomic E-state index is 11.7. The van der Waals surface area contributed by atoms with E-state index in [0.29, 0.717) is 6.42 Å². The lowest BCUT2D eigenvalue weighted by atomic mass is 9.93. The third-order valence-electron chi connectivity index (χ3n) is 4.11. The predicted molar refractivity (Wildman–Crippen MR) is 76.8 cm³/mol. The van der Waals surface area contributed by atoms with Gasteiger partial charge in [0.25, 0.3) is 0 Å². The van der Waals surface area contributed by atoms with Crippen molar-refractivity contribution < 1.29 is 4.79 Å². The summed E-state index contributed by atoms with van der Waals surface area (Å²) < 4.78 is 0. The molecule has 2 aromatic rings. The fourth-order valence-corrected chi connectivity index (χ4v) is 3.26. The van der Waals surface area contributed by atoms with Crippen LogP contribution in [-0.4, -0.2) is 10.9 Å². The molecular weight excluding hydrogens is 248 g/mol. The van der Waals surface area contributed by atoms with Gasteiger partial charge >= 0.3 is 0 Å². The number of carbonyl (C=O) groups excluding carboxylic acids is 1. The van der Waals surface area contributed by atoms with Gasteiger partial charge < -0.3 is 5.32 Å². The highest BCUT2D eigenvalue weighted by Crippen LogP contribution is 2.46. The molecule has 1 aromatic carbocycles. The van der Waals surface area contributed by atoms with Crippen LogP contribution < -0.4 is 5.32 Å². The van der Waals surface area contributed by atoms with E-state index in [0.717, 1.165) is 6.42 Å². The molecule has 0 radical (unpaired) electrons. The number of benzene rings is 1. The Morgan fingerprint density at radius 3 is 2.70 bits per heavy atom. The van der Waals surface area contributed by atoms with Gasteiger partial charge in [0.05, 0.1) is 6.04 Å². The smallest absolute Gasteiger partial charge is 0.221 e. The van der Waals surface area contributed by atoms with Crippen LogP contribution in [0, 0.1) is 0 Å². The first-order chi connectivity index (χ1) is 9.84. The average Bonchev–Trinajstić information content (AvgIpc) is 2.82. The van der Waals surface area contributed by atoms with Crippen LogP contribution in [0.15, 0.2) is 54.4 Å². The molecular formula is C17H14N2O. The van der Waals surface area contributed by atoms with Crippen molar-refractivity contribution in [2.45, 2.75) is 18.9 Å². The molecule has 1 saturated heterocycles. The van der Waals surface area contributed by atoms with Gasteiger partial charge in [0.2, 0.25) is 5.91 Å². The van der Waals surface area contributed by atoms with Gasteiger partial charge in [-0.05, 0) is 46.4 Å². The van der Waals surface area contributed by atoms with Gasteiger partial charge in [0, 0.05) is 18.8 Å². The number of piperidine rings is 1. The first-order valence-electron chi connectivity index (χ1n) is 6.87. The lowest BCUT2D eigenvalue weighted by Crippen LogP contribution is -2.32. The van der Waals surface area contributed by atoms with Crippen molar-refractivity contribution in [3.8, 4) is 0 Å². The molecule has 1 N–H and O–H groups in total. The van der Waals surface area contributed by atoms with E-state index in [9.17, 15) is 4.79 Å². The molecule has 4 rings (SSSR count).